The van der Waals surface area contributed by atoms with Crippen molar-refractivity contribution in [2.45, 2.75) is 39.2 Å². The van der Waals surface area contributed by atoms with Crippen LogP contribution in [0.25, 0.3) is 0 Å². The lowest BCUT2D eigenvalue weighted by Crippen LogP contribution is -2.49. The van der Waals surface area contributed by atoms with Crippen molar-refractivity contribution in [3.63, 3.8) is 0 Å². The van der Waals surface area contributed by atoms with Gasteiger partial charge in [0.25, 0.3) is 0 Å². The molecule has 7 heteroatoms. The lowest BCUT2D eigenvalue weighted by atomic mass is 10.2. The van der Waals surface area contributed by atoms with Gasteiger partial charge in [0.2, 0.25) is 11.8 Å². The Kier molecular flexibility index (Phi) is 5.61. The summed E-state index contributed by atoms with van der Waals surface area (Å²) < 4.78 is 5.17. The predicted octanol–water partition coefficient (Wildman–Crippen LogP) is 0.898. The number of aromatic nitrogens is 2. The number of likely N-dealkylation sites (tertiary alicyclic amines) is 1. The van der Waals surface area contributed by atoms with Crippen LogP contribution >= 0.6 is 0 Å². The zero-order chi connectivity index (χ0) is 16.1. The Labute approximate surface area is 137 Å². The Morgan fingerprint density at radius 2 is 1.65 bits per heavy atom. The summed E-state index contributed by atoms with van der Waals surface area (Å²) in [5, 5.41) is 3.82. The molecule has 2 saturated heterocycles. The van der Waals surface area contributed by atoms with Gasteiger partial charge in [-0.05, 0) is 19.8 Å². The molecule has 3 heterocycles. The third kappa shape index (κ3) is 4.75. The summed E-state index contributed by atoms with van der Waals surface area (Å²) in [5.74, 6) is 1.66. The summed E-state index contributed by atoms with van der Waals surface area (Å²) in [6, 6.07) is 0. The molecule has 0 atom stereocenters. The number of rotatable bonds is 4. The van der Waals surface area contributed by atoms with Crippen LogP contribution < -0.4 is 0 Å². The largest absolute Gasteiger partial charge is 0.342 e. The monoisotopic (exact) mass is 321 g/mol. The highest BCUT2D eigenvalue weighted by Gasteiger charge is 2.23. The van der Waals surface area contributed by atoms with Crippen LogP contribution in [0.3, 0.4) is 0 Å². The van der Waals surface area contributed by atoms with Crippen molar-refractivity contribution >= 4 is 5.91 Å². The van der Waals surface area contributed by atoms with E-state index in [-0.39, 0.29) is 0 Å². The summed E-state index contributed by atoms with van der Waals surface area (Å²) in [6.45, 7) is 8.70. The third-order valence-corrected chi connectivity index (χ3v) is 4.71. The highest BCUT2D eigenvalue weighted by atomic mass is 16.5. The molecule has 7 nitrogen and oxygen atoms in total. The van der Waals surface area contributed by atoms with Gasteiger partial charge in [0.1, 0.15) is 0 Å². The molecule has 0 unspecified atom stereocenters. The number of nitrogens with zero attached hydrogens (tertiary/aromatic N) is 5. The summed E-state index contributed by atoms with van der Waals surface area (Å²) in [5.41, 5.74) is 0. The molecule has 128 valence electrons. The van der Waals surface area contributed by atoms with E-state index in [0.717, 1.165) is 52.1 Å². The molecule has 0 spiro atoms. The Balaban J connectivity index is 1.40. The molecule has 23 heavy (non-hydrogen) atoms. The van der Waals surface area contributed by atoms with E-state index < -0.39 is 0 Å². The normalized spacial score (nSPS) is 21.3. The van der Waals surface area contributed by atoms with Crippen LogP contribution in [0.2, 0.25) is 0 Å². The smallest absolute Gasteiger partial charge is 0.240 e. The molecule has 2 aliphatic heterocycles. The molecule has 1 aromatic rings. The molecular weight excluding hydrogens is 294 g/mol. The predicted molar refractivity (Wildman–Crippen MR) is 85.8 cm³/mol. The van der Waals surface area contributed by atoms with E-state index >= 15 is 0 Å². The molecular formula is C16H27N5O2. The molecule has 0 bridgehead atoms. The minimum absolute atomic E-state index is 0.299. The number of carbonyl (C=O) groups excluding carboxylic acids is 1. The van der Waals surface area contributed by atoms with E-state index in [9.17, 15) is 4.79 Å². The van der Waals surface area contributed by atoms with Crippen LogP contribution in [0.15, 0.2) is 4.52 Å². The van der Waals surface area contributed by atoms with Crippen molar-refractivity contribution in [2.24, 2.45) is 0 Å². The minimum atomic E-state index is 0.299. The van der Waals surface area contributed by atoms with E-state index in [1.807, 2.05) is 6.92 Å². The lowest BCUT2D eigenvalue weighted by Gasteiger charge is -2.34. The number of hydrogen-bond acceptors (Lipinski definition) is 6. The highest BCUT2D eigenvalue weighted by molar-refractivity contribution is 5.78. The maximum absolute atomic E-state index is 12.4. The van der Waals surface area contributed by atoms with Gasteiger partial charge in [-0.2, -0.15) is 4.98 Å². The second-order valence-electron chi connectivity index (χ2n) is 6.58. The summed E-state index contributed by atoms with van der Waals surface area (Å²) in [7, 11) is 0. The summed E-state index contributed by atoms with van der Waals surface area (Å²) in [4.78, 5) is 23.3. The van der Waals surface area contributed by atoms with E-state index in [1.54, 1.807) is 0 Å². The maximum atomic E-state index is 12.4. The fourth-order valence-electron chi connectivity index (χ4n) is 3.31. The van der Waals surface area contributed by atoms with Crippen molar-refractivity contribution in [3.05, 3.63) is 11.7 Å². The van der Waals surface area contributed by atoms with Crippen molar-refractivity contribution in [2.75, 3.05) is 45.8 Å². The average molecular weight is 321 g/mol. The maximum Gasteiger partial charge on any atom is 0.240 e. The van der Waals surface area contributed by atoms with E-state index in [4.69, 9.17) is 4.52 Å². The minimum Gasteiger partial charge on any atom is -0.342 e. The van der Waals surface area contributed by atoms with Crippen LogP contribution in [0.5, 0.6) is 0 Å². The van der Waals surface area contributed by atoms with Gasteiger partial charge in [0.05, 0.1) is 13.1 Å². The van der Waals surface area contributed by atoms with Crippen molar-refractivity contribution < 1.29 is 9.32 Å². The molecule has 0 aromatic carbocycles. The van der Waals surface area contributed by atoms with Crippen LogP contribution in [0.1, 0.15) is 37.4 Å². The van der Waals surface area contributed by atoms with Crippen molar-refractivity contribution in [3.8, 4) is 0 Å². The standard InChI is InChI=1S/C16H27N5O2/c1-14-17-15(23-18-14)12-19-8-10-20(11-9-19)13-16(22)21-6-4-2-3-5-7-21/h2-13H2,1H3. The first-order valence-electron chi connectivity index (χ1n) is 8.72. The fraction of sp³-hybridized carbons (Fsp3) is 0.812. The topological polar surface area (TPSA) is 65.7 Å². The van der Waals surface area contributed by atoms with Crippen LogP contribution in [-0.2, 0) is 11.3 Å². The first-order chi connectivity index (χ1) is 11.2. The SMILES string of the molecule is Cc1noc(CN2CCN(CC(=O)N3CCCCCC3)CC2)n1. The number of piperazine rings is 1. The van der Waals surface area contributed by atoms with Crippen LogP contribution in [-0.4, -0.2) is 76.6 Å². The summed E-state index contributed by atoms with van der Waals surface area (Å²) >= 11 is 0. The quantitative estimate of drug-likeness (QED) is 0.821. The Hall–Kier alpha value is -1.47. The first kappa shape index (κ1) is 16.4. The molecule has 0 N–H and O–H groups in total. The zero-order valence-corrected chi connectivity index (χ0v) is 14.0. The summed E-state index contributed by atoms with van der Waals surface area (Å²) in [6.07, 6.45) is 4.83. The fourth-order valence-corrected chi connectivity index (χ4v) is 3.31. The number of aryl methyl sites for hydroxylation is 1. The van der Waals surface area contributed by atoms with Crippen molar-refractivity contribution in [1.82, 2.24) is 24.8 Å². The average Bonchev–Trinajstić information content (AvgIpc) is 2.79. The van der Waals surface area contributed by atoms with E-state index in [2.05, 4.69) is 24.8 Å². The molecule has 2 aliphatic rings. The number of amides is 1. The van der Waals surface area contributed by atoms with Gasteiger partial charge >= 0.3 is 0 Å². The van der Waals surface area contributed by atoms with Crippen LogP contribution in [0.4, 0.5) is 0 Å². The molecule has 0 saturated carbocycles. The van der Waals surface area contributed by atoms with E-state index in [1.165, 1.54) is 12.8 Å². The second-order valence-corrected chi connectivity index (χ2v) is 6.58. The van der Waals surface area contributed by atoms with Crippen molar-refractivity contribution in [1.29, 1.82) is 0 Å². The van der Waals surface area contributed by atoms with Gasteiger partial charge in [0.15, 0.2) is 5.82 Å². The van der Waals surface area contributed by atoms with Gasteiger partial charge in [-0.15, -0.1) is 0 Å². The number of hydrogen-bond donors (Lipinski definition) is 0. The van der Waals surface area contributed by atoms with Gasteiger partial charge in [-0.3, -0.25) is 14.6 Å². The Bertz CT molecular complexity index is 502. The van der Waals surface area contributed by atoms with Gasteiger partial charge in [0, 0.05) is 39.3 Å². The Morgan fingerprint density at radius 1 is 1.00 bits per heavy atom. The third-order valence-electron chi connectivity index (χ3n) is 4.71. The lowest BCUT2D eigenvalue weighted by molar-refractivity contribution is -0.132. The molecule has 0 aliphatic carbocycles. The Morgan fingerprint density at radius 3 is 2.26 bits per heavy atom. The molecule has 0 radical (unpaired) electrons. The van der Waals surface area contributed by atoms with Gasteiger partial charge in [-0.1, -0.05) is 18.0 Å². The second kappa shape index (κ2) is 7.88. The molecule has 1 amide bonds. The molecule has 1 aromatic heterocycles. The molecule has 3 rings (SSSR count). The van der Waals surface area contributed by atoms with E-state index in [0.29, 0.717) is 30.7 Å². The molecule has 2 fully saturated rings. The first-order valence-corrected chi connectivity index (χ1v) is 8.72. The highest BCUT2D eigenvalue weighted by Crippen LogP contribution is 2.11. The zero-order valence-electron chi connectivity index (χ0n) is 14.0. The van der Waals surface area contributed by atoms with Gasteiger partial charge < -0.3 is 9.42 Å². The van der Waals surface area contributed by atoms with Gasteiger partial charge in [-0.25, -0.2) is 0 Å². The number of carbonyl (C=O) groups is 1. The van der Waals surface area contributed by atoms with Crippen LogP contribution in [0, 0.1) is 6.92 Å².